The Morgan fingerprint density at radius 2 is 2.20 bits per heavy atom. The van der Waals surface area contributed by atoms with Gasteiger partial charge in [0.15, 0.2) is 0 Å². The Labute approximate surface area is 116 Å². The van der Waals surface area contributed by atoms with E-state index in [9.17, 15) is 4.79 Å². The van der Waals surface area contributed by atoms with E-state index in [1.54, 1.807) is 12.4 Å². The Morgan fingerprint density at radius 1 is 1.35 bits per heavy atom. The van der Waals surface area contributed by atoms with E-state index in [0.717, 1.165) is 31.5 Å². The Morgan fingerprint density at radius 3 is 2.95 bits per heavy atom. The van der Waals surface area contributed by atoms with Gasteiger partial charge in [0.2, 0.25) is 17.6 Å². The molecule has 0 radical (unpaired) electrons. The number of carbonyl (C=O) groups excluding carboxylic acids is 1. The number of pyridine rings is 1. The summed E-state index contributed by atoms with van der Waals surface area (Å²) in [7, 11) is 0. The Kier molecular flexibility index (Phi) is 3.71. The fourth-order valence-electron chi connectivity index (χ4n) is 2.31. The molecular formula is C14H16N4O2. The zero-order valence-corrected chi connectivity index (χ0v) is 11.2. The van der Waals surface area contributed by atoms with Crippen molar-refractivity contribution in [2.24, 2.45) is 0 Å². The maximum absolute atomic E-state index is 11.9. The highest BCUT2D eigenvalue weighted by Crippen LogP contribution is 2.15. The maximum Gasteiger partial charge on any atom is 0.227 e. The fraction of sp³-hybridized carbons (Fsp3) is 0.429. The zero-order chi connectivity index (χ0) is 13.8. The van der Waals surface area contributed by atoms with Gasteiger partial charge in [0, 0.05) is 43.9 Å². The van der Waals surface area contributed by atoms with Crippen molar-refractivity contribution in [3.8, 4) is 11.4 Å². The molecule has 1 fully saturated rings. The predicted octanol–water partition coefficient (Wildman–Crippen LogP) is 1.69. The van der Waals surface area contributed by atoms with E-state index in [0.29, 0.717) is 24.6 Å². The first-order chi connectivity index (χ1) is 9.83. The highest BCUT2D eigenvalue weighted by molar-refractivity contribution is 5.76. The summed E-state index contributed by atoms with van der Waals surface area (Å²) in [6, 6.07) is 3.69. The summed E-state index contributed by atoms with van der Waals surface area (Å²) in [6.45, 7) is 1.76. The van der Waals surface area contributed by atoms with Gasteiger partial charge in [-0.25, -0.2) is 0 Å². The molecule has 1 saturated heterocycles. The van der Waals surface area contributed by atoms with Crippen LogP contribution in [0.5, 0.6) is 0 Å². The number of aryl methyl sites for hydroxylation is 1. The normalized spacial score (nSPS) is 14.7. The van der Waals surface area contributed by atoms with E-state index in [1.807, 2.05) is 17.0 Å². The third-order valence-corrected chi connectivity index (χ3v) is 3.40. The summed E-state index contributed by atoms with van der Waals surface area (Å²) < 4.78 is 5.17. The van der Waals surface area contributed by atoms with Crippen molar-refractivity contribution >= 4 is 5.91 Å². The minimum absolute atomic E-state index is 0.170. The first kappa shape index (κ1) is 12.8. The number of hydrogen-bond acceptors (Lipinski definition) is 5. The third kappa shape index (κ3) is 2.84. The first-order valence-electron chi connectivity index (χ1n) is 6.84. The zero-order valence-electron chi connectivity index (χ0n) is 11.2. The average Bonchev–Trinajstić information content (AvgIpc) is 3.17. The topological polar surface area (TPSA) is 72.1 Å². The smallest absolute Gasteiger partial charge is 0.227 e. The Bertz CT molecular complexity index is 576. The van der Waals surface area contributed by atoms with Crippen molar-refractivity contribution in [2.45, 2.75) is 25.7 Å². The molecule has 1 aliphatic rings. The third-order valence-electron chi connectivity index (χ3n) is 3.40. The highest BCUT2D eigenvalue weighted by atomic mass is 16.5. The summed E-state index contributed by atoms with van der Waals surface area (Å²) >= 11 is 0. The molecule has 1 amide bonds. The maximum atomic E-state index is 11.9. The monoisotopic (exact) mass is 272 g/mol. The lowest BCUT2D eigenvalue weighted by Crippen LogP contribution is -2.27. The van der Waals surface area contributed by atoms with Gasteiger partial charge in [-0.1, -0.05) is 5.16 Å². The molecule has 0 spiro atoms. The molecule has 0 atom stereocenters. The lowest BCUT2D eigenvalue weighted by atomic mass is 10.2. The number of amides is 1. The highest BCUT2D eigenvalue weighted by Gasteiger charge is 2.18. The second-order valence-corrected chi connectivity index (χ2v) is 4.84. The van der Waals surface area contributed by atoms with Crippen LogP contribution in [0, 0.1) is 0 Å². The molecule has 6 heteroatoms. The average molecular weight is 272 g/mol. The molecule has 20 heavy (non-hydrogen) atoms. The van der Waals surface area contributed by atoms with Crippen molar-refractivity contribution in [1.29, 1.82) is 0 Å². The van der Waals surface area contributed by atoms with Crippen LogP contribution in [0.3, 0.4) is 0 Å². The van der Waals surface area contributed by atoms with Gasteiger partial charge >= 0.3 is 0 Å². The van der Waals surface area contributed by atoms with E-state index in [1.165, 1.54) is 0 Å². The molecule has 6 nitrogen and oxygen atoms in total. The molecule has 2 aromatic rings. The molecule has 1 aliphatic heterocycles. The number of carbonyl (C=O) groups is 1. The number of aromatic nitrogens is 3. The van der Waals surface area contributed by atoms with E-state index < -0.39 is 0 Å². The Balaban J connectivity index is 1.59. The molecule has 0 saturated carbocycles. The molecule has 3 heterocycles. The largest absolute Gasteiger partial charge is 0.343 e. The second kappa shape index (κ2) is 5.81. The molecule has 104 valence electrons. The number of nitrogens with zero attached hydrogens (tertiary/aromatic N) is 4. The van der Waals surface area contributed by atoms with Gasteiger partial charge < -0.3 is 9.42 Å². The van der Waals surface area contributed by atoms with Gasteiger partial charge in [0.25, 0.3) is 0 Å². The molecular weight excluding hydrogens is 256 g/mol. The van der Waals surface area contributed by atoms with Crippen molar-refractivity contribution in [3.05, 3.63) is 30.4 Å². The van der Waals surface area contributed by atoms with E-state index in [2.05, 4.69) is 15.1 Å². The van der Waals surface area contributed by atoms with Crippen molar-refractivity contribution in [3.63, 3.8) is 0 Å². The van der Waals surface area contributed by atoms with Crippen LogP contribution >= 0.6 is 0 Å². The number of rotatable bonds is 4. The number of hydrogen-bond donors (Lipinski definition) is 0. The van der Waals surface area contributed by atoms with Crippen LogP contribution in [-0.2, 0) is 11.2 Å². The molecule has 0 bridgehead atoms. The van der Waals surface area contributed by atoms with Crippen LogP contribution in [0.15, 0.2) is 29.0 Å². The molecule has 0 N–H and O–H groups in total. The van der Waals surface area contributed by atoms with Gasteiger partial charge in [0.05, 0.1) is 0 Å². The minimum Gasteiger partial charge on any atom is -0.343 e. The van der Waals surface area contributed by atoms with Crippen LogP contribution in [0.1, 0.15) is 25.2 Å². The predicted molar refractivity (Wildman–Crippen MR) is 71.7 cm³/mol. The van der Waals surface area contributed by atoms with E-state index in [4.69, 9.17) is 4.52 Å². The van der Waals surface area contributed by atoms with Crippen LogP contribution in [0.25, 0.3) is 11.4 Å². The Hall–Kier alpha value is -2.24. The van der Waals surface area contributed by atoms with Gasteiger partial charge in [0.1, 0.15) is 0 Å². The molecule has 0 aromatic carbocycles. The SMILES string of the molecule is O=C(CCc1nc(-c2cccnc2)no1)N1CCCC1. The minimum atomic E-state index is 0.170. The molecule has 3 rings (SSSR count). The fourth-order valence-corrected chi connectivity index (χ4v) is 2.31. The van der Waals surface area contributed by atoms with Crippen LogP contribution in [0.2, 0.25) is 0 Å². The lowest BCUT2D eigenvalue weighted by Gasteiger charge is -2.13. The van der Waals surface area contributed by atoms with E-state index >= 15 is 0 Å². The molecule has 0 unspecified atom stereocenters. The van der Waals surface area contributed by atoms with Gasteiger partial charge in [-0.3, -0.25) is 9.78 Å². The van der Waals surface area contributed by atoms with Gasteiger partial charge in [-0.05, 0) is 25.0 Å². The van der Waals surface area contributed by atoms with E-state index in [-0.39, 0.29) is 5.91 Å². The lowest BCUT2D eigenvalue weighted by molar-refractivity contribution is -0.130. The summed E-state index contributed by atoms with van der Waals surface area (Å²) in [5, 5.41) is 3.91. The quantitative estimate of drug-likeness (QED) is 0.846. The van der Waals surface area contributed by atoms with Crippen molar-refractivity contribution in [2.75, 3.05) is 13.1 Å². The molecule has 2 aromatic heterocycles. The van der Waals surface area contributed by atoms with Crippen LogP contribution < -0.4 is 0 Å². The van der Waals surface area contributed by atoms with Crippen LogP contribution in [0.4, 0.5) is 0 Å². The summed E-state index contributed by atoms with van der Waals surface area (Å²) in [4.78, 5) is 22.1. The first-order valence-corrected chi connectivity index (χ1v) is 6.84. The van der Waals surface area contributed by atoms with Crippen molar-refractivity contribution in [1.82, 2.24) is 20.0 Å². The number of likely N-dealkylation sites (tertiary alicyclic amines) is 1. The van der Waals surface area contributed by atoms with Gasteiger partial charge in [-0.2, -0.15) is 4.98 Å². The standard InChI is InChI=1S/C14H16N4O2/c19-13(18-8-1-2-9-18)6-5-12-16-14(17-20-12)11-4-3-7-15-10-11/h3-4,7,10H,1-2,5-6,8-9H2. The second-order valence-electron chi connectivity index (χ2n) is 4.84. The molecule has 0 aliphatic carbocycles. The summed E-state index contributed by atoms with van der Waals surface area (Å²) in [5.74, 6) is 1.18. The van der Waals surface area contributed by atoms with Crippen molar-refractivity contribution < 1.29 is 9.32 Å². The summed E-state index contributed by atoms with van der Waals surface area (Å²) in [6.07, 6.45) is 6.51. The summed E-state index contributed by atoms with van der Waals surface area (Å²) in [5.41, 5.74) is 0.813. The van der Waals surface area contributed by atoms with Crippen LogP contribution in [-0.4, -0.2) is 39.0 Å². The van der Waals surface area contributed by atoms with Gasteiger partial charge in [-0.15, -0.1) is 0 Å².